The molecule has 2 aromatic heterocycles. The zero-order valence-corrected chi connectivity index (χ0v) is 15.9. The van der Waals surface area contributed by atoms with Gasteiger partial charge in [-0.1, -0.05) is 11.6 Å². The Morgan fingerprint density at radius 3 is 2.86 bits per heavy atom. The number of hydrogen-bond acceptors (Lipinski definition) is 7. The number of phenols is 1. The van der Waals surface area contributed by atoms with E-state index < -0.39 is 0 Å². The maximum atomic E-state index is 12.5. The third-order valence-corrected chi connectivity index (χ3v) is 4.99. The van der Waals surface area contributed by atoms with Gasteiger partial charge in [-0.2, -0.15) is 0 Å². The molecule has 0 spiro atoms. The lowest BCUT2D eigenvalue weighted by Crippen LogP contribution is -2.35. The number of aromatic amines is 1. The number of nitrogens with zero attached hydrogens (tertiary/aromatic N) is 4. The highest BCUT2D eigenvalue weighted by atomic mass is 35.5. The molecule has 4 rings (SSSR count). The maximum Gasteiger partial charge on any atom is 0.254 e. The number of nitrogens with one attached hydrogen (secondary N) is 1. The molecule has 0 saturated carbocycles. The van der Waals surface area contributed by atoms with Crippen LogP contribution in [0.15, 0.2) is 35.6 Å². The van der Waals surface area contributed by atoms with Crippen LogP contribution in [0.4, 0.5) is 0 Å². The van der Waals surface area contributed by atoms with Crippen LogP contribution in [0.25, 0.3) is 11.4 Å². The molecule has 0 saturated heterocycles. The molecule has 3 heterocycles. The molecule has 144 valence electrons. The number of H-pyrrole nitrogens is 1. The molecule has 0 bridgehead atoms. The lowest BCUT2D eigenvalue weighted by Gasteiger charge is -2.28. The largest absolute Gasteiger partial charge is 0.503 e. The van der Waals surface area contributed by atoms with Crippen LogP contribution in [0.5, 0.6) is 11.5 Å². The van der Waals surface area contributed by atoms with Crippen LogP contribution in [0.2, 0.25) is 5.02 Å². The molecule has 1 aromatic carbocycles. The molecule has 1 aliphatic rings. The molecule has 0 amide bonds. The highest BCUT2D eigenvalue weighted by molar-refractivity contribution is 6.32. The molecule has 0 atom stereocenters. The van der Waals surface area contributed by atoms with E-state index in [-0.39, 0.29) is 16.3 Å². The van der Waals surface area contributed by atoms with Gasteiger partial charge in [0.2, 0.25) is 0 Å². The van der Waals surface area contributed by atoms with Gasteiger partial charge in [-0.3, -0.25) is 9.69 Å². The van der Waals surface area contributed by atoms with Gasteiger partial charge < -0.3 is 14.8 Å². The molecule has 9 heteroatoms. The number of phenolic OH excluding ortho intramolecular Hbond substituents is 1. The first-order valence-electron chi connectivity index (χ1n) is 8.70. The summed E-state index contributed by atoms with van der Waals surface area (Å²) in [6.45, 7) is 1.83. The van der Waals surface area contributed by atoms with E-state index >= 15 is 0 Å². The molecule has 0 unspecified atom stereocenters. The second-order valence-electron chi connectivity index (χ2n) is 6.56. The summed E-state index contributed by atoms with van der Waals surface area (Å²) < 4.78 is 5.17. The normalized spacial score (nSPS) is 13.9. The minimum absolute atomic E-state index is 0.0696. The Morgan fingerprint density at radius 1 is 1.32 bits per heavy atom. The number of aromatic hydroxyl groups is 1. The van der Waals surface area contributed by atoms with Crippen LogP contribution < -0.4 is 10.3 Å². The number of hydrogen-bond donors (Lipinski definition) is 2. The zero-order valence-electron chi connectivity index (χ0n) is 15.1. The lowest BCUT2D eigenvalue weighted by atomic mass is 10.0. The van der Waals surface area contributed by atoms with Gasteiger partial charge in [-0.25, -0.2) is 15.0 Å². The Labute approximate surface area is 165 Å². The first kappa shape index (κ1) is 18.4. The zero-order chi connectivity index (χ0) is 19.7. The van der Waals surface area contributed by atoms with E-state index in [1.807, 2.05) is 0 Å². The van der Waals surface area contributed by atoms with Gasteiger partial charge in [0.25, 0.3) is 5.56 Å². The summed E-state index contributed by atoms with van der Waals surface area (Å²) in [7, 11) is 1.48. The van der Waals surface area contributed by atoms with Crippen molar-refractivity contribution in [3.05, 3.63) is 63.1 Å². The topological polar surface area (TPSA) is 104 Å². The summed E-state index contributed by atoms with van der Waals surface area (Å²) >= 11 is 6.09. The summed E-state index contributed by atoms with van der Waals surface area (Å²) in [5, 5.41) is 10.1. The molecular weight excluding hydrogens is 382 g/mol. The van der Waals surface area contributed by atoms with Crippen molar-refractivity contribution in [2.24, 2.45) is 0 Å². The summed E-state index contributed by atoms with van der Waals surface area (Å²) in [5.74, 6) is 0.723. The Kier molecular flexibility index (Phi) is 4.97. The second kappa shape index (κ2) is 7.57. The van der Waals surface area contributed by atoms with Crippen LogP contribution in [0, 0.1) is 0 Å². The van der Waals surface area contributed by atoms with Gasteiger partial charge in [0.05, 0.1) is 23.4 Å². The smallest absolute Gasteiger partial charge is 0.254 e. The highest BCUT2D eigenvalue weighted by Crippen LogP contribution is 2.35. The molecule has 28 heavy (non-hydrogen) atoms. The Hall–Kier alpha value is -2.97. The first-order valence-corrected chi connectivity index (χ1v) is 9.08. The fraction of sp³-hybridized carbons (Fsp3) is 0.263. The molecule has 3 aromatic rings. The van der Waals surface area contributed by atoms with Gasteiger partial charge in [0.1, 0.15) is 12.2 Å². The van der Waals surface area contributed by atoms with Crippen LogP contribution >= 0.6 is 11.6 Å². The molecule has 0 radical (unpaired) electrons. The van der Waals surface area contributed by atoms with E-state index in [0.717, 1.165) is 11.3 Å². The number of rotatable bonds is 4. The second-order valence-corrected chi connectivity index (χ2v) is 6.96. The van der Waals surface area contributed by atoms with Gasteiger partial charge in [0, 0.05) is 37.6 Å². The molecule has 1 aliphatic heterocycles. The van der Waals surface area contributed by atoms with Gasteiger partial charge >= 0.3 is 0 Å². The predicted octanol–water partition coefficient (Wildman–Crippen LogP) is 2.15. The number of methoxy groups -OCH3 is 1. The Balaban J connectivity index is 1.60. The standard InChI is InChI=1S/C19H18ClN5O3/c1-28-16-5-11(4-14(20)17(16)26)8-25-3-2-13-15(9-25)23-18(24-19(13)27)12-6-21-10-22-7-12/h4-7,10,26H,2-3,8-9H2,1H3,(H,23,24,27). The number of fused-ring (bicyclic) bond motifs is 1. The highest BCUT2D eigenvalue weighted by Gasteiger charge is 2.22. The average Bonchev–Trinajstić information content (AvgIpc) is 2.71. The van der Waals surface area contributed by atoms with Crippen molar-refractivity contribution in [3.63, 3.8) is 0 Å². The summed E-state index contributed by atoms with van der Waals surface area (Å²) in [4.78, 5) is 30.0. The third-order valence-electron chi connectivity index (χ3n) is 4.70. The molecule has 8 nitrogen and oxygen atoms in total. The lowest BCUT2D eigenvalue weighted by molar-refractivity contribution is 0.240. The van der Waals surface area contributed by atoms with Crippen molar-refractivity contribution in [1.29, 1.82) is 0 Å². The van der Waals surface area contributed by atoms with Gasteiger partial charge in [0.15, 0.2) is 11.5 Å². The molecular formula is C19H18ClN5O3. The predicted molar refractivity (Wildman–Crippen MR) is 103 cm³/mol. The summed E-state index contributed by atoms with van der Waals surface area (Å²) in [6, 6.07) is 3.47. The minimum atomic E-state index is -0.127. The van der Waals surface area contributed by atoms with Crippen LogP contribution in [0.1, 0.15) is 16.8 Å². The average molecular weight is 400 g/mol. The monoisotopic (exact) mass is 399 g/mol. The fourth-order valence-electron chi connectivity index (χ4n) is 3.32. The number of halogens is 1. The van der Waals surface area contributed by atoms with Gasteiger partial charge in [-0.15, -0.1) is 0 Å². The molecule has 0 fully saturated rings. The van der Waals surface area contributed by atoms with Crippen molar-refractivity contribution in [2.75, 3.05) is 13.7 Å². The van der Waals surface area contributed by atoms with E-state index in [4.69, 9.17) is 16.3 Å². The van der Waals surface area contributed by atoms with Crippen molar-refractivity contribution < 1.29 is 9.84 Å². The van der Waals surface area contributed by atoms with E-state index in [0.29, 0.717) is 48.8 Å². The van der Waals surface area contributed by atoms with Crippen molar-refractivity contribution in [3.8, 4) is 22.9 Å². The van der Waals surface area contributed by atoms with Crippen LogP contribution in [0.3, 0.4) is 0 Å². The summed E-state index contributed by atoms with van der Waals surface area (Å²) in [5.41, 5.74) is 2.89. The quantitative estimate of drug-likeness (QED) is 0.692. The van der Waals surface area contributed by atoms with Crippen LogP contribution in [-0.4, -0.2) is 43.6 Å². The maximum absolute atomic E-state index is 12.5. The SMILES string of the molecule is COc1cc(CN2CCc3c(nc(-c4cncnc4)[nH]c3=O)C2)cc(Cl)c1O. The van der Waals surface area contributed by atoms with E-state index in [1.165, 1.54) is 13.4 Å². The van der Waals surface area contributed by atoms with E-state index in [1.54, 1.807) is 24.5 Å². The summed E-state index contributed by atoms with van der Waals surface area (Å²) in [6.07, 6.45) is 5.26. The number of aromatic nitrogens is 4. The number of ether oxygens (including phenoxy) is 1. The Bertz CT molecular complexity index is 1070. The van der Waals surface area contributed by atoms with Crippen molar-refractivity contribution >= 4 is 11.6 Å². The van der Waals surface area contributed by atoms with E-state index in [9.17, 15) is 9.90 Å². The van der Waals surface area contributed by atoms with Crippen LogP contribution in [-0.2, 0) is 19.5 Å². The Morgan fingerprint density at radius 2 is 2.11 bits per heavy atom. The van der Waals surface area contributed by atoms with E-state index in [2.05, 4.69) is 24.8 Å². The fourth-order valence-corrected chi connectivity index (χ4v) is 3.55. The number of benzene rings is 1. The molecule has 0 aliphatic carbocycles. The minimum Gasteiger partial charge on any atom is -0.503 e. The third kappa shape index (κ3) is 3.56. The van der Waals surface area contributed by atoms with Gasteiger partial charge in [-0.05, 0) is 24.1 Å². The first-order chi connectivity index (χ1) is 13.5. The van der Waals surface area contributed by atoms with Crippen molar-refractivity contribution in [2.45, 2.75) is 19.5 Å². The van der Waals surface area contributed by atoms with Crippen molar-refractivity contribution in [1.82, 2.24) is 24.8 Å². The molecule has 2 N–H and O–H groups in total.